The summed E-state index contributed by atoms with van der Waals surface area (Å²) >= 11 is 0. The van der Waals surface area contributed by atoms with E-state index in [4.69, 9.17) is 4.74 Å². The van der Waals surface area contributed by atoms with Crippen LogP contribution in [-0.2, 0) is 9.53 Å². The van der Waals surface area contributed by atoms with Gasteiger partial charge in [-0.05, 0) is 0 Å². The molecule has 1 unspecified atom stereocenters. The van der Waals surface area contributed by atoms with Crippen LogP contribution in [-0.4, -0.2) is 49.7 Å². The van der Waals surface area contributed by atoms with Crippen molar-refractivity contribution in [2.24, 2.45) is 0 Å². The normalized spacial score (nSPS) is 31.8. The second kappa shape index (κ2) is 2.79. The highest BCUT2D eigenvalue weighted by Gasteiger charge is 2.29. The molecule has 0 aromatic heterocycles. The fraction of sp³-hybridized carbons (Fsp3) is 0.857. The Morgan fingerprint density at radius 2 is 2.55 bits per heavy atom. The first-order valence-corrected chi connectivity index (χ1v) is 3.96. The highest BCUT2D eigenvalue weighted by Crippen LogP contribution is 2.08. The molecule has 1 N–H and O–H groups in total. The summed E-state index contributed by atoms with van der Waals surface area (Å²) in [4.78, 5) is 13.2. The molecular formula is C7H12N2O2. The Hall–Kier alpha value is -0.610. The standard InChI is InChI=1S/C7H12N2O2/c10-7-4-8-3-6-5-11-2-1-9(6)7/h6,8H,1-5H2. The van der Waals surface area contributed by atoms with E-state index in [1.165, 1.54) is 0 Å². The molecule has 0 aromatic rings. The lowest BCUT2D eigenvalue weighted by Crippen LogP contribution is -2.59. The minimum Gasteiger partial charge on any atom is -0.377 e. The number of piperazine rings is 1. The monoisotopic (exact) mass is 156 g/mol. The van der Waals surface area contributed by atoms with Gasteiger partial charge in [-0.25, -0.2) is 0 Å². The third kappa shape index (κ3) is 1.23. The smallest absolute Gasteiger partial charge is 0.236 e. The SMILES string of the molecule is O=C1CNCC2COCCN12. The summed E-state index contributed by atoms with van der Waals surface area (Å²) in [7, 11) is 0. The van der Waals surface area contributed by atoms with Gasteiger partial charge in [0, 0.05) is 13.1 Å². The van der Waals surface area contributed by atoms with Gasteiger partial charge < -0.3 is 15.0 Å². The summed E-state index contributed by atoms with van der Waals surface area (Å²) < 4.78 is 5.25. The van der Waals surface area contributed by atoms with Crippen LogP contribution in [0.25, 0.3) is 0 Å². The molecule has 4 heteroatoms. The molecule has 2 heterocycles. The number of carbonyl (C=O) groups is 1. The van der Waals surface area contributed by atoms with Gasteiger partial charge >= 0.3 is 0 Å². The Labute approximate surface area is 65.5 Å². The molecule has 0 aliphatic carbocycles. The van der Waals surface area contributed by atoms with Gasteiger partial charge in [-0.15, -0.1) is 0 Å². The molecule has 2 fully saturated rings. The average Bonchev–Trinajstić information content (AvgIpc) is 2.06. The van der Waals surface area contributed by atoms with Crippen LogP contribution in [0.15, 0.2) is 0 Å². The molecule has 2 rings (SSSR count). The van der Waals surface area contributed by atoms with Gasteiger partial charge in [-0.3, -0.25) is 4.79 Å². The summed E-state index contributed by atoms with van der Waals surface area (Å²) in [5.41, 5.74) is 0. The van der Waals surface area contributed by atoms with Crippen LogP contribution in [0.3, 0.4) is 0 Å². The number of amides is 1. The van der Waals surface area contributed by atoms with Crippen molar-refractivity contribution in [3.8, 4) is 0 Å². The Morgan fingerprint density at radius 1 is 1.64 bits per heavy atom. The van der Waals surface area contributed by atoms with Gasteiger partial charge in [0.25, 0.3) is 0 Å². The van der Waals surface area contributed by atoms with Crippen molar-refractivity contribution in [3.05, 3.63) is 0 Å². The fourth-order valence-corrected chi connectivity index (χ4v) is 1.60. The highest BCUT2D eigenvalue weighted by atomic mass is 16.5. The number of rotatable bonds is 0. The van der Waals surface area contributed by atoms with Crippen molar-refractivity contribution >= 4 is 5.91 Å². The third-order valence-electron chi connectivity index (χ3n) is 2.20. The molecule has 0 saturated carbocycles. The zero-order valence-electron chi connectivity index (χ0n) is 6.38. The minimum atomic E-state index is 0.213. The van der Waals surface area contributed by atoms with E-state index in [2.05, 4.69) is 5.32 Å². The summed E-state index contributed by atoms with van der Waals surface area (Å²) in [6, 6.07) is 0.282. The van der Waals surface area contributed by atoms with E-state index in [0.717, 1.165) is 13.1 Å². The van der Waals surface area contributed by atoms with Crippen LogP contribution < -0.4 is 5.32 Å². The van der Waals surface area contributed by atoms with Gasteiger partial charge in [0.2, 0.25) is 5.91 Å². The van der Waals surface area contributed by atoms with Crippen molar-refractivity contribution in [2.75, 3.05) is 32.8 Å². The Morgan fingerprint density at radius 3 is 3.36 bits per heavy atom. The van der Waals surface area contributed by atoms with Gasteiger partial charge in [0.15, 0.2) is 0 Å². The van der Waals surface area contributed by atoms with Crippen molar-refractivity contribution in [1.82, 2.24) is 10.2 Å². The van der Waals surface area contributed by atoms with Gasteiger partial charge in [0.1, 0.15) is 0 Å². The molecule has 4 nitrogen and oxygen atoms in total. The van der Waals surface area contributed by atoms with E-state index in [1.54, 1.807) is 0 Å². The summed E-state index contributed by atoms with van der Waals surface area (Å²) in [5.74, 6) is 0.213. The number of nitrogens with zero attached hydrogens (tertiary/aromatic N) is 1. The molecule has 2 aliphatic heterocycles. The molecule has 2 aliphatic rings. The zero-order chi connectivity index (χ0) is 7.68. The summed E-state index contributed by atoms with van der Waals surface area (Å²) in [5, 5.41) is 3.06. The molecule has 0 spiro atoms. The Bertz CT molecular complexity index is 170. The van der Waals surface area contributed by atoms with E-state index in [0.29, 0.717) is 19.8 Å². The highest BCUT2D eigenvalue weighted by molar-refractivity contribution is 5.79. The van der Waals surface area contributed by atoms with Crippen LogP contribution in [0.4, 0.5) is 0 Å². The summed E-state index contributed by atoms with van der Waals surface area (Å²) in [6.45, 7) is 3.54. The predicted molar refractivity (Wildman–Crippen MR) is 39.2 cm³/mol. The Balaban J connectivity index is 2.05. The molecule has 1 atom stereocenters. The van der Waals surface area contributed by atoms with Crippen LogP contribution in [0.5, 0.6) is 0 Å². The Kier molecular flexibility index (Phi) is 1.79. The quantitative estimate of drug-likeness (QED) is 0.480. The molecule has 0 bridgehead atoms. The first-order chi connectivity index (χ1) is 5.38. The van der Waals surface area contributed by atoms with E-state index in [-0.39, 0.29) is 11.9 Å². The first-order valence-electron chi connectivity index (χ1n) is 3.96. The largest absolute Gasteiger partial charge is 0.377 e. The topological polar surface area (TPSA) is 41.6 Å². The lowest BCUT2D eigenvalue weighted by atomic mass is 10.2. The maximum atomic E-state index is 11.2. The fourth-order valence-electron chi connectivity index (χ4n) is 1.60. The van der Waals surface area contributed by atoms with Gasteiger partial charge in [-0.2, -0.15) is 0 Å². The molecule has 11 heavy (non-hydrogen) atoms. The van der Waals surface area contributed by atoms with Crippen molar-refractivity contribution < 1.29 is 9.53 Å². The van der Waals surface area contributed by atoms with E-state index >= 15 is 0 Å². The van der Waals surface area contributed by atoms with Crippen LogP contribution in [0, 0.1) is 0 Å². The number of hydrogen-bond donors (Lipinski definition) is 1. The molecule has 0 aromatic carbocycles. The maximum Gasteiger partial charge on any atom is 0.236 e. The molecule has 62 valence electrons. The van der Waals surface area contributed by atoms with E-state index < -0.39 is 0 Å². The number of hydrogen-bond acceptors (Lipinski definition) is 3. The first kappa shape index (κ1) is 7.06. The number of ether oxygens (including phenoxy) is 1. The summed E-state index contributed by atoms with van der Waals surface area (Å²) in [6.07, 6.45) is 0. The van der Waals surface area contributed by atoms with Crippen LogP contribution in [0.2, 0.25) is 0 Å². The third-order valence-corrected chi connectivity index (χ3v) is 2.20. The molecule has 1 amide bonds. The van der Waals surface area contributed by atoms with E-state index in [9.17, 15) is 4.79 Å². The maximum absolute atomic E-state index is 11.2. The predicted octanol–water partition coefficient (Wildman–Crippen LogP) is -1.18. The molecule has 0 radical (unpaired) electrons. The second-order valence-corrected chi connectivity index (χ2v) is 2.95. The lowest BCUT2D eigenvalue weighted by molar-refractivity contribution is -0.141. The number of fused-ring (bicyclic) bond motifs is 1. The van der Waals surface area contributed by atoms with Crippen LogP contribution >= 0.6 is 0 Å². The van der Waals surface area contributed by atoms with Crippen LogP contribution in [0.1, 0.15) is 0 Å². The lowest BCUT2D eigenvalue weighted by Gasteiger charge is -2.39. The van der Waals surface area contributed by atoms with Gasteiger partial charge in [0.05, 0.1) is 25.8 Å². The average molecular weight is 156 g/mol. The van der Waals surface area contributed by atoms with Crippen molar-refractivity contribution in [1.29, 1.82) is 0 Å². The van der Waals surface area contributed by atoms with Gasteiger partial charge in [-0.1, -0.05) is 0 Å². The number of nitrogens with one attached hydrogen (secondary N) is 1. The minimum absolute atomic E-state index is 0.213. The van der Waals surface area contributed by atoms with Crippen molar-refractivity contribution in [2.45, 2.75) is 6.04 Å². The zero-order valence-corrected chi connectivity index (χ0v) is 6.38. The molecule has 2 saturated heterocycles. The molecular weight excluding hydrogens is 144 g/mol. The second-order valence-electron chi connectivity index (χ2n) is 2.95. The van der Waals surface area contributed by atoms with Crippen molar-refractivity contribution in [3.63, 3.8) is 0 Å². The van der Waals surface area contributed by atoms with E-state index in [1.807, 2.05) is 4.90 Å². The number of carbonyl (C=O) groups excluding carboxylic acids is 1. The number of morpholine rings is 1.